The first-order valence-electron chi connectivity index (χ1n) is 34.3. The number of nitrogens with two attached hydrogens (primary N) is 1. The summed E-state index contributed by atoms with van der Waals surface area (Å²) in [6.45, 7) is 8.26. The fourth-order valence-electron chi connectivity index (χ4n) is 13.9. The van der Waals surface area contributed by atoms with E-state index in [1.165, 1.54) is 46.8 Å². The highest BCUT2D eigenvalue weighted by atomic mass is 19.1. The van der Waals surface area contributed by atoms with Gasteiger partial charge in [-0.25, -0.2) is 19.0 Å². The van der Waals surface area contributed by atoms with Gasteiger partial charge in [-0.1, -0.05) is 24.3 Å². The topological polar surface area (TPSA) is 335 Å². The number of carbonyl (C=O) groups is 10. The number of amides is 8. The molecule has 5 aliphatic heterocycles. The Morgan fingerprint density at radius 3 is 1.86 bits per heavy atom. The van der Waals surface area contributed by atoms with E-state index in [0.717, 1.165) is 69.8 Å². The molecule has 3 aromatic carbocycles. The molecule has 0 saturated carbocycles. The number of nitrogens with zero attached hydrogens (tertiary/aromatic N) is 12. The number of ether oxygens (including phenoxy) is 1. The summed E-state index contributed by atoms with van der Waals surface area (Å²) in [5, 5.41) is 20.8. The second kappa shape index (κ2) is 33.6. The van der Waals surface area contributed by atoms with E-state index in [1.54, 1.807) is 48.2 Å². The molecule has 0 radical (unpaired) electrons. The SMILES string of the molecule is CNCCN(C)C=O.COC(=O)CNC(=O)CNC(=O)Cn1nc(C)c2c(-c3cc4c(cnn4C(=O)CCC(=O)N4CCC(C(=O)N5CCC(C(=O)N6CCC(C(=O)N7CCC(c8ccc(Nc9nc(N%10CCCCC%10)cnc9C(N)=O)cc8)CC7)CC6)CC5)CC4)cc3F)cccc21. The summed E-state index contributed by atoms with van der Waals surface area (Å²) in [7, 11) is 4.80. The molecule has 3 aromatic heterocycles. The zero-order valence-corrected chi connectivity index (χ0v) is 56.8. The highest BCUT2D eigenvalue weighted by Gasteiger charge is 2.38. The van der Waals surface area contributed by atoms with Crippen LogP contribution >= 0.6 is 0 Å². The van der Waals surface area contributed by atoms with Gasteiger partial charge in [0, 0.05) is 138 Å². The van der Waals surface area contributed by atoms with Crippen LogP contribution in [-0.4, -0.2) is 226 Å². The van der Waals surface area contributed by atoms with Gasteiger partial charge in [0.15, 0.2) is 11.5 Å². The standard InChI is InChI=1S/C65H78FN15O10.C5H12N2O/c1-40-59-48(7-6-8-51(59)80(74-40)39-55(83)68-37-54(82)69-38-58(86)91-2)49-34-52-46(33-50(49)66)35-71-81(52)57(85)14-13-56(84)76-25-17-43(18-26-76)63(88)78-29-21-45(22-30-78)65(90)79-31-19-44(20-32-79)64(89)77-27-15-42(16-28-77)41-9-11-47(12-10-41)72-62-60(61(67)87)70-36-53(73-62)75-23-4-3-5-24-75;1-6-3-4-7(2)5-8/h6-12,33-36,42-45H,3-5,13-32,37-39H2,1-2H3,(H2,67,87)(H,68,83)(H,69,82)(H,72,73);5-6H,3-4H2,1-2H3. The Labute approximate surface area is 573 Å². The molecule has 5 saturated heterocycles. The van der Waals surface area contributed by atoms with Gasteiger partial charge in [-0.15, -0.1) is 0 Å². The molecular formula is C70H90FN17O11. The van der Waals surface area contributed by atoms with Crippen LogP contribution in [0.4, 0.5) is 21.7 Å². The van der Waals surface area contributed by atoms with Gasteiger partial charge >= 0.3 is 5.97 Å². The van der Waals surface area contributed by atoms with Crippen molar-refractivity contribution in [2.24, 2.45) is 23.5 Å². The summed E-state index contributed by atoms with van der Waals surface area (Å²) >= 11 is 0. The number of benzene rings is 3. The molecule has 28 nitrogen and oxygen atoms in total. The van der Waals surface area contributed by atoms with Crippen LogP contribution in [0.3, 0.4) is 0 Å². The van der Waals surface area contributed by atoms with Crippen LogP contribution in [0, 0.1) is 30.5 Å². The van der Waals surface area contributed by atoms with E-state index in [1.807, 2.05) is 33.9 Å². The highest BCUT2D eigenvalue weighted by Crippen LogP contribution is 2.37. The molecule has 528 valence electrons. The predicted molar refractivity (Wildman–Crippen MR) is 366 cm³/mol. The van der Waals surface area contributed by atoms with Crippen molar-refractivity contribution in [2.75, 3.05) is 123 Å². The van der Waals surface area contributed by atoms with Crippen LogP contribution in [-0.2, 0) is 49.6 Å². The number of aryl methyl sites for hydroxylation is 1. The molecule has 0 unspecified atom stereocenters. The van der Waals surface area contributed by atoms with E-state index in [0.29, 0.717) is 136 Å². The Morgan fingerprint density at radius 1 is 0.687 bits per heavy atom. The number of fused-ring (bicyclic) bond motifs is 2. The number of likely N-dealkylation sites (N-methyl/N-ethyl adjacent to an activating group) is 2. The van der Waals surface area contributed by atoms with Gasteiger partial charge in [0.25, 0.3) is 5.91 Å². The number of esters is 1. The quantitative estimate of drug-likeness (QED) is 0.0465. The number of hydrogen-bond donors (Lipinski definition) is 5. The fraction of sp³-hybridized carbons (Fsp3) is 0.514. The molecule has 99 heavy (non-hydrogen) atoms. The first kappa shape index (κ1) is 71.8. The van der Waals surface area contributed by atoms with Crippen molar-refractivity contribution in [3.8, 4) is 11.1 Å². The summed E-state index contributed by atoms with van der Waals surface area (Å²) in [5.74, 6) is -2.58. The Kier molecular flexibility index (Phi) is 24.3. The van der Waals surface area contributed by atoms with E-state index in [-0.39, 0.29) is 85.1 Å². The minimum atomic E-state index is -0.648. The largest absolute Gasteiger partial charge is 0.468 e. The van der Waals surface area contributed by atoms with Crippen LogP contribution in [0.25, 0.3) is 32.9 Å². The first-order chi connectivity index (χ1) is 47.8. The van der Waals surface area contributed by atoms with Crippen LogP contribution < -0.4 is 31.9 Å². The lowest BCUT2D eigenvalue weighted by molar-refractivity contribution is -0.146. The monoisotopic (exact) mass is 1360 g/mol. The third kappa shape index (κ3) is 17.9. The van der Waals surface area contributed by atoms with Gasteiger partial charge in [0.2, 0.25) is 47.8 Å². The number of piperidine rings is 5. The number of anilines is 3. The van der Waals surface area contributed by atoms with E-state index >= 15 is 4.39 Å². The molecule has 6 aromatic rings. The number of likely N-dealkylation sites (tertiary alicyclic amines) is 4. The van der Waals surface area contributed by atoms with E-state index < -0.39 is 35.4 Å². The summed E-state index contributed by atoms with van der Waals surface area (Å²) in [6.07, 6.45) is 12.0. The van der Waals surface area contributed by atoms with Gasteiger partial charge in [0.1, 0.15) is 24.7 Å². The maximum Gasteiger partial charge on any atom is 0.325 e. The Bertz CT molecular complexity index is 3920. The van der Waals surface area contributed by atoms with Gasteiger partial charge in [-0.2, -0.15) is 10.2 Å². The summed E-state index contributed by atoms with van der Waals surface area (Å²) < 4.78 is 23.1. The Hall–Kier alpha value is -9.93. The number of primary amides is 1. The Morgan fingerprint density at radius 2 is 1.27 bits per heavy atom. The van der Waals surface area contributed by atoms with Crippen molar-refractivity contribution in [1.82, 2.24) is 70.0 Å². The molecule has 8 heterocycles. The van der Waals surface area contributed by atoms with Gasteiger partial charge in [0.05, 0.1) is 42.8 Å². The lowest BCUT2D eigenvalue weighted by Crippen LogP contribution is -2.50. The molecule has 11 rings (SSSR count). The fourth-order valence-corrected chi connectivity index (χ4v) is 13.9. The number of aromatic nitrogens is 6. The molecule has 6 N–H and O–H groups in total. The molecule has 0 bridgehead atoms. The number of halogens is 1. The number of carbonyl (C=O) groups excluding carboxylic acids is 10. The number of methoxy groups -OCH3 is 1. The highest BCUT2D eigenvalue weighted by molar-refractivity contribution is 6.01. The van der Waals surface area contributed by atoms with Crippen molar-refractivity contribution in [2.45, 2.75) is 103 Å². The minimum absolute atomic E-state index is 0.0339. The number of nitrogens with one attached hydrogen (secondary N) is 4. The van der Waals surface area contributed by atoms with Crippen molar-refractivity contribution in [1.29, 1.82) is 0 Å². The van der Waals surface area contributed by atoms with Crippen molar-refractivity contribution < 1.29 is 57.1 Å². The third-order valence-corrected chi connectivity index (χ3v) is 19.6. The van der Waals surface area contributed by atoms with Crippen molar-refractivity contribution in [3.05, 3.63) is 89.8 Å². The zero-order valence-electron chi connectivity index (χ0n) is 56.8. The normalized spacial score (nSPS) is 16.6. The van der Waals surface area contributed by atoms with Gasteiger partial charge < -0.3 is 61.1 Å². The molecule has 0 spiro atoms. The van der Waals surface area contributed by atoms with Gasteiger partial charge in [-0.3, -0.25) is 52.6 Å². The molecule has 0 atom stereocenters. The molecule has 0 aliphatic carbocycles. The maximum absolute atomic E-state index is 16.0. The Balaban J connectivity index is 0.00000125. The third-order valence-electron chi connectivity index (χ3n) is 19.6. The van der Waals surface area contributed by atoms with Crippen molar-refractivity contribution >= 4 is 98.8 Å². The van der Waals surface area contributed by atoms with Gasteiger partial charge in [-0.05, 0) is 132 Å². The maximum atomic E-state index is 16.0. The molecule has 5 aliphatic rings. The van der Waals surface area contributed by atoms with E-state index in [9.17, 15) is 47.9 Å². The smallest absolute Gasteiger partial charge is 0.325 e. The second-order valence-electron chi connectivity index (χ2n) is 26.1. The molecule has 8 amide bonds. The zero-order chi connectivity index (χ0) is 70.3. The lowest BCUT2D eigenvalue weighted by atomic mass is 9.87. The average Bonchev–Trinajstić information content (AvgIpc) is 1.63. The average molecular weight is 1360 g/mol. The number of hydrogen-bond acceptors (Lipinski definition) is 18. The minimum Gasteiger partial charge on any atom is -0.468 e. The summed E-state index contributed by atoms with van der Waals surface area (Å²) in [5.41, 5.74) is 9.71. The van der Waals surface area contributed by atoms with Crippen LogP contribution in [0.2, 0.25) is 0 Å². The van der Waals surface area contributed by atoms with Crippen LogP contribution in [0.1, 0.15) is 116 Å². The number of rotatable bonds is 22. The van der Waals surface area contributed by atoms with E-state index in [4.69, 9.17) is 10.7 Å². The van der Waals surface area contributed by atoms with E-state index in [2.05, 4.69) is 58.2 Å². The summed E-state index contributed by atoms with van der Waals surface area (Å²) in [6, 6.07) is 16.1. The molecule has 5 fully saturated rings. The van der Waals surface area contributed by atoms with Crippen molar-refractivity contribution in [3.63, 3.8) is 0 Å². The summed E-state index contributed by atoms with van der Waals surface area (Å²) in [4.78, 5) is 147. The predicted octanol–water partition coefficient (Wildman–Crippen LogP) is 4.37. The lowest BCUT2D eigenvalue weighted by Gasteiger charge is -2.40. The molecular weight excluding hydrogens is 1270 g/mol. The van der Waals surface area contributed by atoms with Crippen LogP contribution in [0.5, 0.6) is 0 Å². The first-order valence-corrected chi connectivity index (χ1v) is 34.3. The van der Waals surface area contributed by atoms with Crippen LogP contribution in [0.15, 0.2) is 67.0 Å². The molecule has 29 heteroatoms. The second-order valence-corrected chi connectivity index (χ2v) is 26.1.